The molecule has 0 aliphatic heterocycles. The van der Waals surface area contributed by atoms with Crippen molar-refractivity contribution >= 4 is 5.91 Å². The molecular formula is C17H22FN3O2. The maximum absolute atomic E-state index is 13.6. The first-order valence-corrected chi connectivity index (χ1v) is 7.52. The molecule has 0 radical (unpaired) electrons. The molecule has 124 valence electrons. The highest BCUT2D eigenvalue weighted by molar-refractivity contribution is 5.78. The highest BCUT2D eigenvalue weighted by Crippen LogP contribution is 2.19. The number of hydrogen-bond acceptors (Lipinski definition) is 3. The minimum absolute atomic E-state index is 0.0686. The maximum Gasteiger partial charge on any atom is 0.223 e. The lowest BCUT2D eigenvalue weighted by Crippen LogP contribution is -2.41. The summed E-state index contributed by atoms with van der Waals surface area (Å²) < 4.78 is 15.2. The van der Waals surface area contributed by atoms with Gasteiger partial charge in [0.2, 0.25) is 5.91 Å². The number of carbonyl (C=O) groups is 1. The van der Waals surface area contributed by atoms with E-state index in [2.05, 4.69) is 10.4 Å². The third-order valence-electron chi connectivity index (χ3n) is 3.87. The third kappa shape index (κ3) is 4.39. The number of amides is 1. The van der Waals surface area contributed by atoms with Crippen molar-refractivity contribution in [2.45, 2.75) is 25.9 Å². The van der Waals surface area contributed by atoms with E-state index in [1.54, 1.807) is 56.2 Å². The molecule has 1 heterocycles. The Balaban J connectivity index is 1.92. The number of benzene rings is 1. The van der Waals surface area contributed by atoms with E-state index in [0.29, 0.717) is 17.5 Å². The van der Waals surface area contributed by atoms with E-state index in [9.17, 15) is 14.3 Å². The van der Waals surface area contributed by atoms with E-state index in [1.807, 2.05) is 0 Å². The number of halogens is 1. The number of nitrogens with zero attached hydrogens (tertiary/aromatic N) is 2. The summed E-state index contributed by atoms with van der Waals surface area (Å²) in [7, 11) is 1.76. The molecule has 0 aliphatic rings. The van der Waals surface area contributed by atoms with Gasteiger partial charge in [0, 0.05) is 24.7 Å². The molecule has 23 heavy (non-hydrogen) atoms. The van der Waals surface area contributed by atoms with Gasteiger partial charge in [-0.2, -0.15) is 5.10 Å². The number of aliphatic hydroxyl groups is 1. The molecule has 2 unspecified atom stereocenters. The van der Waals surface area contributed by atoms with Crippen molar-refractivity contribution in [2.24, 2.45) is 13.0 Å². The lowest BCUT2D eigenvalue weighted by molar-refractivity contribution is -0.125. The van der Waals surface area contributed by atoms with Crippen LogP contribution in [0.15, 0.2) is 36.7 Å². The molecule has 2 aromatic rings. The summed E-state index contributed by atoms with van der Waals surface area (Å²) in [4.78, 5) is 12.2. The smallest absolute Gasteiger partial charge is 0.223 e. The van der Waals surface area contributed by atoms with Crippen LogP contribution in [0.25, 0.3) is 0 Å². The lowest BCUT2D eigenvalue weighted by Gasteiger charge is -2.23. The highest BCUT2D eigenvalue weighted by Gasteiger charge is 2.26. The van der Waals surface area contributed by atoms with Crippen LogP contribution in [0.4, 0.5) is 4.39 Å². The Morgan fingerprint density at radius 2 is 2.17 bits per heavy atom. The zero-order valence-corrected chi connectivity index (χ0v) is 13.6. The average Bonchev–Trinajstić information content (AvgIpc) is 2.94. The van der Waals surface area contributed by atoms with Crippen LogP contribution in [-0.4, -0.2) is 27.3 Å². The first-order valence-electron chi connectivity index (χ1n) is 7.52. The van der Waals surface area contributed by atoms with Crippen LogP contribution in [0.3, 0.4) is 0 Å². The predicted octanol–water partition coefficient (Wildman–Crippen LogP) is 1.76. The molecule has 2 N–H and O–H groups in total. The van der Waals surface area contributed by atoms with Gasteiger partial charge in [0.05, 0.1) is 12.7 Å². The Bertz CT molecular complexity index is 682. The zero-order chi connectivity index (χ0) is 17.0. The summed E-state index contributed by atoms with van der Waals surface area (Å²) in [5, 5.41) is 17.2. The van der Waals surface area contributed by atoms with Crippen LogP contribution in [0.5, 0.6) is 0 Å². The second kappa shape index (κ2) is 6.91. The maximum atomic E-state index is 13.6. The van der Waals surface area contributed by atoms with Gasteiger partial charge < -0.3 is 10.4 Å². The third-order valence-corrected chi connectivity index (χ3v) is 3.87. The topological polar surface area (TPSA) is 67.2 Å². The molecule has 2 atom stereocenters. The molecule has 0 aliphatic carbocycles. The molecule has 5 nitrogen and oxygen atoms in total. The van der Waals surface area contributed by atoms with Crippen LogP contribution in [-0.2, 0) is 23.9 Å². The number of hydrogen-bond donors (Lipinski definition) is 2. The van der Waals surface area contributed by atoms with E-state index in [-0.39, 0.29) is 18.3 Å². The van der Waals surface area contributed by atoms with Gasteiger partial charge in [0.15, 0.2) is 0 Å². The molecule has 6 heteroatoms. The lowest BCUT2D eigenvalue weighted by atomic mass is 9.97. The molecule has 0 bridgehead atoms. The Morgan fingerprint density at radius 3 is 2.78 bits per heavy atom. The Labute approximate surface area is 135 Å². The monoisotopic (exact) mass is 319 g/mol. The predicted molar refractivity (Wildman–Crippen MR) is 85.1 cm³/mol. The first-order chi connectivity index (χ1) is 10.8. The van der Waals surface area contributed by atoms with Crippen LogP contribution < -0.4 is 5.32 Å². The zero-order valence-electron chi connectivity index (χ0n) is 13.6. The number of carbonyl (C=O) groups excluding carboxylic acids is 1. The first kappa shape index (κ1) is 17.1. The van der Waals surface area contributed by atoms with Crippen molar-refractivity contribution < 1.29 is 14.3 Å². The van der Waals surface area contributed by atoms with Crippen LogP contribution in [0.1, 0.15) is 25.0 Å². The SMILES string of the molecule is CC(Cc1ccccc1F)C(=O)NCC(C)(O)c1cnn(C)c1. The van der Waals surface area contributed by atoms with Gasteiger partial charge in [0.25, 0.3) is 0 Å². The Hall–Kier alpha value is -2.21. The Kier molecular flexibility index (Phi) is 5.15. The van der Waals surface area contributed by atoms with Crippen molar-refractivity contribution in [2.75, 3.05) is 6.54 Å². The summed E-state index contributed by atoms with van der Waals surface area (Å²) in [6.45, 7) is 3.42. The quantitative estimate of drug-likeness (QED) is 0.852. The minimum atomic E-state index is -1.21. The van der Waals surface area contributed by atoms with E-state index in [4.69, 9.17) is 0 Å². The number of aromatic nitrogens is 2. The average molecular weight is 319 g/mol. The molecule has 0 fully saturated rings. The van der Waals surface area contributed by atoms with Crippen molar-refractivity contribution in [3.05, 3.63) is 53.6 Å². The second-order valence-electron chi connectivity index (χ2n) is 6.09. The minimum Gasteiger partial charge on any atom is -0.383 e. The Morgan fingerprint density at radius 1 is 1.48 bits per heavy atom. The van der Waals surface area contributed by atoms with Gasteiger partial charge >= 0.3 is 0 Å². The fraction of sp³-hybridized carbons (Fsp3) is 0.412. The number of aryl methyl sites for hydroxylation is 1. The normalized spacial score (nSPS) is 15.0. The van der Waals surface area contributed by atoms with Gasteiger partial charge in [-0.05, 0) is 25.0 Å². The van der Waals surface area contributed by atoms with E-state index in [0.717, 1.165) is 0 Å². The van der Waals surface area contributed by atoms with Gasteiger partial charge in [-0.1, -0.05) is 25.1 Å². The molecule has 0 saturated heterocycles. The summed E-state index contributed by atoms with van der Waals surface area (Å²) in [5.74, 6) is -0.927. The van der Waals surface area contributed by atoms with Crippen molar-refractivity contribution in [1.29, 1.82) is 0 Å². The molecule has 0 spiro atoms. The van der Waals surface area contributed by atoms with Gasteiger partial charge in [-0.25, -0.2) is 4.39 Å². The van der Waals surface area contributed by atoms with Crippen LogP contribution in [0, 0.1) is 11.7 Å². The largest absolute Gasteiger partial charge is 0.383 e. The standard InChI is InChI=1S/C17H22FN3O2/c1-12(8-13-6-4-5-7-15(13)18)16(22)19-11-17(2,23)14-9-20-21(3)10-14/h4-7,9-10,12,23H,8,11H2,1-3H3,(H,19,22). The fourth-order valence-electron chi connectivity index (χ4n) is 2.32. The summed E-state index contributed by atoms with van der Waals surface area (Å²) in [5.41, 5.74) is -0.0713. The van der Waals surface area contributed by atoms with E-state index < -0.39 is 11.5 Å². The molecule has 0 saturated carbocycles. The van der Waals surface area contributed by atoms with Crippen molar-refractivity contribution in [1.82, 2.24) is 15.1 Å². The van der Waals surface area contributed by atoms with Crippen LogP contribution >= 0.6 is 0 Å². The highest BCUT2D eigenvalue weighted by atomic mass is 19.1. The van der Waals surface area contributed by atoms with Gasteiger partial charge in [0.1, 0.15) is 11.4 Å². The van der Waals surface area contributed by atoms with Crippen LogP contribution in [0.2, 0.25) is 0 Å². The fourth-order valence-corrected chi connectivity index (χ4v) is 2.32. The molecule has 1 aromatic heterocycles. The molecule has 1 aromatic carbocycles. The van der Waals surface area contributed by atoms with Crippen molar-refractivity contribution in [3.63, 3.8) is 0 Å². The molecule has 2 rings (SSSR count). The number of nitrogens with one attached hydrogen (secondary N) is 1. The number of rotatable bonds is 6. The van der Waals surface area contributed by atoms with Gasteiger partial charge in [-0.3, -0.25) is 9.48 Å². The van der Waals surface area contributed by atoms with Gasteiger partial charge in [-0.15, -0.1) is 0 Å². The summed E-state index contributed by atoms with van der Waals surface area (Å²) in [6, 6.07) is 6.42. The van der Waals surface area contributed by atoms with E-state index >= 15 is 0 Å². The molecule has 1 amide bonds. The summed E-state index contributed by atoms with van der Waals surface area (Å²) in [6.07, 6.45) is 3.58. The van der Waals surface area contributed by atoms with E-state index in [1.165, 1.54) is 6.07 Å². The van der Waals surface area contributed by atoms with Crippen molar-refractivity contribution in [3.8, 4) is 0 Å². The molecular weight excluding hydrogens is 297 g/mol. The second-order valence-corrected chi connectivity index (χ2v) is 6.09. The summed E-state index contributed by atoms with van der Waals surface area (Å²) >= 11 is 0.